The number of rotatable bonds is 7. The highest BCUT2D eigenvalue weighted by atomic mass is 19.3. The second-order valence-corrected chi connectivity index (χ2v) is 6.68. The zero-order chi connectivity index (χ0) is 21.1. The van der Waals surface area contributed by atoms with E-state index < -0.39 is 18.9 Å². The predicted molar refractivity (Wildman–Crippen MR) is 105 cm³/mol. The van der Waals surface area contributed by atoms with E-state index in [9.17, 15) is 13.6 Å². The lowest BCUT2D eigenvalue weighted by Gasteiger charge is -2.16. The van der Waals surface area contributed by atoms with Gasteiger partial charge in [-0.1, -0.05) is 0 Å². The first-order valence-electron chi connectivity index (χ1n) is 8.88. The lowest BCUT2D eigenvalue weighted by atomic mass is 10.1. The third kappa shape index (κ3) is 4.25. The van der Waals surface area contributed by atoms with Crippen LogP contribution >= 0.6 is 0 Å². The van der Waals surface area contributed by atoms with Gasteiger partial charge < -0.3 is 19.5 Å². The molecule has 29 heavy (non-hydrogen) atoms. The maximum absolute atomic E-state index is 12.5. The minimum atomic E-state index is -2.63. The summed E-state index contributed by atoms with van der Waals surface area (Å²) < 4.78 is 32.1. The molecule has 2 heterocycles. The quantitative estimate of drug-likeness (QED) is 0.650. The first kappa shape index (κ1) is 20.4. The van der Waals surface area contributed by atoms with Gasteiger partial charge in [0.25, 0.3) is 12.3 Å². The molecular weight excluding hydrogens is 382 g/mol. The number of hydrogen-bond donors (Lipinski definition) is 1. The van der Waals surface area contributed by atoms with Crippen molar-refractivity contribution in [1.82, 2.24) is 24.8 Å². The number of imidazole rings is 1. The molecule has 8 nitrogen and oxygen atoms in total. The van der Waals surface area contributed by atoms with Gasteiger partial charge in [-0.15, -0.1) is 0 Å². The average molecular weight is 404 g/mol. The molecule has 0 aliphatic rings. The Morgan fingerprint density at radius 2 is 2.03 bits per heavy atom. The maximum atomic E-state index is 12.5. The Bertz CT molecular complexity index is 1030. The van der Waals surface area contributed by atoms with Crippen LogP contribution in [0, 0.1) is 6.92 Å². The lowest BCUT2D eigenvalue weighted by Crippen LogP contribution is -2.28. The number of nitrogens with zero attached hydrogens (tertiary/aromatic N) is 5. The van der Waals surface area contributed by atoms with Crippen LogP contribution in [0.4, 0.5) is 14.6 Å². The molecule has 0 atom stereocenters. The van der Waals surface area contributed by atoms with E-state index in [0.29, 0.717) is 23.3 Å². The number of aromatic nitrogens is 4. The third-order valence-electron chi connectivity index (χ3n) is 4.50. The average Bonchev–Trinajstić information content (AvgIpc) is 3.09. The second kappa shape index (κ2) is 8.38. The van der Waals surface area contributed by atoms with Gasteiger partial charge in [0.05, 0.1) is 43.3 Å². The third-order valence-corrected chi connectivity index (χ3v) is 4.50. The zero-order valence-electron chi connectivity index (χ0n) is 16.6. The molecule has 0 saturated carbocycles. The SMILES string of the molecule is COc1cc(C(=O)NCC(F)F)c2ncn(Cc3ncnc(N(C)C)c3C)c2c1. The molecule has 0 unspecified atom stereocenters. The Hall–Kier alpha value is -3.30. The number of halogens is 2. The zero-order valence-corrected chi connectivity index (χ0v) is 16.6. The number of nitrogens with one attached hydrogen (secondary N) is 1. The molecule has 0 saturated heterocycles. The topological polar surface area (TPSA) is 85.2 Å². The predicted octanol–water partition coefficient (Wildman–Crippen LogP) is 2.25. The summed E-state index contributed by atoms with van der Waals surface area (Å²) in [6.45, 7) is 1.61. The van der Waals surface area contributed by atoms with Gasteiger partial charge in [-0.3, -0.25) is 4.79 Å². The highest BCUT2D eigenvalue weighted by molar-refractivity contribution is 6.05. The molecule has 3 rings (SSSR count). The number of hydrogen-bond acceptors (Lipinski definition) is 6. The largest absolute Gasteiger partial charge is 0.497 e. The fourth-order valence-electron chi connectivity index (χ4n) is 3.07. The van der Waals surface area contributed by atoms with E-state index in [1.54, 1.807) is 12.4 Å². The molecule has 154 valence electrons. The second-order valence-electron chi connectivity index (χ2n) is 6.68. The molecule has 10 heteroatoms. The van der Waals surface area contributed by atoms with Crippen LogP contribution in [0.5, 0.6) is 5.75 Å². The van der Waals surface area contributed by atoms with E-state index in [1.807, 2.05) is 30.5 Å². The van der Waals surface area contributed by atoms with E-state index in [-0.39, 0.29) is 5.56 Å². The molecular formula is C19H22F2N6O2. The molecule has 2 aromatic heterocycles. The van der Waals surface area contributed by atoms with Crippen molar-refractivity contribution < 1.29 is 18.3 Å². The number of carbonyl (C=O) groups is 1. The van der Waals surface area contributed by atoms with Crippen molar-refractivity contribution in [3.8, 4) is 5.75 Å². The minimum absolute atomic E-state index is 0.173. The van der Waals surface area contributed by atoms with Gasteiger partial charge >= 0.3 is 0 Å². The molecule has 3 aromatic rings. The van der Waals surface area contributed by atoms with Gasteiger partial charge in [0.1, 0.15) is 23.4 Å². The Labute approximate surface area is 166 Å². The molecule has 0 spiro atoms. The smallest absolute Gasteiger partial charge is 0.255 e. The van der Waals surface area contributed by atoms with Gasteiger partial charge in [0, 0.05) is 25.7 Å². The summed E-state index contributed by atoms with van der Waals surface area (Å²) in [5.41, 5.74) is 2.94. The van der Waals surface area contributed by atoms with Crippen molar-refractivity contribution in [1.29, 1.82) is 0 Å². The molecule has 0 fully saturated rings. The van der Waals surface area contributed by atoms with Gasteiger partial charge in [-0.05, 0) is 13.0 Å². The number of ether oxygens (including phenoxy) is 1. The summed E-state index contributed by atoms with van der Waals surface area (Å²) in [6, 6.07) is 3.23. The van der Waals surface area contributed by atoms with Crippen LogP contribution in [0.15, 0.2) is 24.8 Å². The van der Waals surface area contributed by atoms with Crippen LogP contribution in [0.2, 0.25) is 0 Å². The highest BCUT2D eigenvalue weighted by Crippen LogP contribution is 2.26. The summed E-state index contributed by atoms with van der Waals surface area (Å²) in [7, 11) is 5.28. The fraction of sp³-hybridized carbons (Fsp3) is 0.368. The molecule has 1 N–H and O–H groups in total. The van der Waals surface area contributed by atoms with Crippen molar-refractivity contribution in [3.05, 3.63) is 41.6 Å². The lowest BCUT2D eigenvalue weighted by molar-refractivity contribution is 0.0893. The molecule has 0 aliphatic carbocycles. The van der Waals surface area contributed by atoms with Gasteiger partial charge in [0.2, 0.25) is 0 Å². The summed E-state index contributed by atoms with van der Waals surface area (Å²) >= 11 is 0. The highest BCUT2D eigenvalue weighted by Gasteiger charge is 2.18. The monoisotopic (exact) mass is 404 g/mol. The maximum Gasteiger partial charge on any atom is 0.255 e. The minimum Gasteiger partial charge on any atom is -0.497 e. The van der Waals surface area contributed by atoms with Crippen molar-refractivity contribution in [2.24, 2.45) is 0 Å². The number of alkyl halides is 2. The van der Waals surface area contributed by atoms with Gasteiger partial charge in [-0.25, -0.2) is 23.7 Å². The Morgan fingerprint density at radius 3 is 2.69 bits per heavy atom. The number of carbonyl (C=O) groups excluding carboxylic acids is 1. The first-order valence-corrected chi connectivity index (χ1v) is 8.88. The van der Waals surface area contributed by atoms with Crippen LogP contribution < -0.4 is 15.0 Å². The Morgan fingerprint density at radius 1 is 1.28 bits per heavy atom. The first-order chi connectivity index (χ1) is 13.8. The number of methoxy groups -OCH3 is 1. The summed E-state index contributed by atoms with van der Waals surface area (Å²) in [6.07, 6.45) is 0.454. The molecule has 1 aromatic carbocycles. The number of benzene rings is 1. The fourth-order valence-corrected chi connectivity index (χ4v) is 3.07. The summed E-state index contributed by atoms with van der Waals surface area (Å²) in [5.74, 6) is 0.603. The van der Waals surface area contributed by atoms with Gasteiger partial charge in [-0.2, -0.15) is 0 Å². The van der Waals surface area contributed by atoms with Crippen LogP contribution in [0.1, 0.15) is 21.6 Å². The van der Waals surface area contributed by atoms with Crippen LogP contribution in [0.3, 0.4) is 0 Å². The molecule has 1 amide bonds. The standard InChI is InChI=1S/C19H22F2N6O2/c1-11-14(23-9-24-18(11)26(2)3)8-27-10-25-17-13(19(28)22-7-16(20)21)5-12(29-4)6-15(17)27/h5-6,9-10,16H,7-8H2,1-4H3,(H,22,28). The van der Waals surface area contributed by atoms with Gasteiger partial charge in [0.15, 0.2) is 0 Å². The van der Waals surface area contributed by atoms with Crippen molar-refractivity contribution in [2.45, 2.75) is 19.9 Å². The number of amides is 1. The molecule has 0 radical (unpaired) electrons. The van der Waals surface area contributed by atoms with E-state index in [4.69, 9.17) is 4.74 Å². The van der Waals surface area contributed by atoms with E-state index in [1.165, 1.54) is 19.5 Å². The normalized spacial score (nSPS) is 11.1. The number of anilines is 1. The summed E-state index contributed by atoms with van der Waals surface area (Å²) in [5, 5.41) is 2.21. The molecule has 0 aliphatic heterocycles. The Kier molecular flexibility index (Phi) is 5.90. The molecule has 0 bridgehead atoms. The van der Waals surface area contributed by atoms with Crippen LogP contribution in [-0.2, 0) is 6.54 Å². The van der Waals surface area contributed by atoms with Crippen LogP contribution in [-0.4, -0.2) is 59.6 Å². The summed E-state index contributed by atoms with van der Waals surface area (Å²) in [4.78, 5) is 27.3. The van der Waals surface area contributed by atoms with Crippen molar-refractivity contribution in [3.63, 3.8) is 0 Å². The van der Waals surface area contributed by atoms with Crippen molar-refractivity contribution in [2.75, 3.05) is 32.6 Å². The van der Waals surface area contributed by atoms with E-state index >= 15 is 0 Å². The number of fused-ring (bicyclic) bond motifs is 1. The van der Waals surface area contributed by atoms with Crippen LogP contribution in [0.25, 0.3) is 11.0 Å². The van der Waals surface area contributed by atoms with E-state index in [2.05, 4.69) is 20.3 Å². The van der Waals surface area contributed by atoms with Crippen molar-refractivity contribution >= 4 is 22.8 Å². The Balaban J connectivity index is 2.02. The van der Waals surface area contributed by atoms with E-state index in [0.717, 1.165) is 17.1 Å².